The Morgan fingerprint density at radius 3 is 2.56 bits per heavy atom. The molecule has 0 bridgehead atoms. The molecular formula is C6H9ClN2. The summed E-state index contributed by atoms with van der Waals surface area (Å²) in [6.07, 6.45) is 7.58. The molecule has 0 aromatic carbocycles. The first kappa shape index (κ1) is 8.24. The fourth-order valence-corrected chi connectivity index (χ4v) is 0.577. The molecule has 9 heavy (non-hydrogen) atoms. The van der Waals surface area contributed by atoms with Gasteiger partial charge in [-0.3, -0.25) is 0 Å². The van der Waals surface area contributed by atoms with Crippen LogP contribution in [0, 0.1) is 0 Å². The van der Waals surface area contributed by atoms with Gasteiger partial charge >= 0.3 is 0 Å². The number of aromatic nitrogens is 2. The van der Waals surface area contributed by atoms with Crippen molar-refractivity contribution in [2.45, 2.75) is 0 Å². The second kappa shape index (κ2) is 3.30. The second-order valence-electron chi connectivity index (χ2n) is 1.71. The topological polar surface area (TPSA) is 8.81 Å². The molecule has 1 heterocycles. The summed E-state index contributed by atoms with van der Waals surface area (Å²) >= 11 is 0. The Bertz CT molecular complexity index is 193. The van der Waals surface area contributed by atoms with Crippen LogP contribution in [0.25, 0.3) is 6.20 Å². The summed E-state index contributed by atoms with van der Waals surface area (Å²) in [7, 11) is 1.97. The van der Waals surface area contributed by atoms with Gasteiger partial charge < -0.3 is 12.4 Å². The molecule has 0 unspecified atom stereocenters. The van der Waals surface area contributed by atoms with E-state index in [1.54, 1.807) is 6.20 Å². The van der Waals surface area contributed by atoms with Crippen molar-refractivity contribution in [2.24, 2.45) is 7.05 Å². The van der Waals surface area contributed by atoms with Gasteiger partial charge in [0.05, 0.1) is 13.2 Å². The first-order valence-corrected chi connectivity index (χ1v) is 2.48. The largest absolute Gasteiger partial charge is 1.00 e. The van der Waals surface area contributed by atoms with E-state index in [1.165, 1.54) is 0 Å². The van der Waals surface area contributed by atoms with Gasteiger partial charge in [0.1, 0.15) is 12.4 Å². The fraction of sp³-hybridized carbons (Fsp3) is 0.167. The maximum Gasteiger partial charge on any atom is 0.248 e. The lowest BCUT2D eigenvalue weighted by atomic mass is 10.8. The number of imidazole rings is 1. The number of hydrogen-bond donors (Lipinski definition) is 0. The second-order valence-corrected chi connectivity index (χ2v) is 1.71. The molecule has 3 heteroatoms. The van der Waals surface area contributed by atoms with Gasteiger partial charge in [-0.05, 0) is 0 Å². The van der Waals surface area contributed by atoms with Crippen molar-refractivity contribution >= 4 is 6.20 Å². The maximum atomic E-state index is 3.59. The highest BCUT2D eigenvalue weighted by atomic mass is 35.5. The zero-order chi connectivity index (χ0) is 5.98. The van der Waals surface area contributed by atoms with Crippen LogP contribution in [0.2, 0.25) is 0 Å². The summed E-state index contributed by atoms with van der Waals surface area (Å²) in [5, 5.41) is 0. The van der Waals surface area contributed by atoms with Gasteiger partial charge in [0, 0.05) is 0 Å². The zero-order valence-corrected chi connectivity index (χ0v) is 6.04. The highest BCUT2D eigenvalue weighted by Gasteiger charge is 1.90. The lowest BCUT2D eigenvalue weighted by Gasteiger charge is -1.74. The standard InChI is InChI=1S/C6H9N2.ClH/c1-3-8-5-4-7(2)6-8;/h3-6H,1H2,2H3;1H/q+1;/p-1. The molecule has 0 aliphatic rings. The van der Waals surface area contributed by atoms with Crippen molar-refractivity contribution in [3.05, 3.63) is 25.3 Å². The molecule has 0 N–H and O–H groups in total. The summed E-state index contributed by atoms with van der Waals surface area (Å²) in [5.41, 5.74) is 0. The van der Waals surface area contributed by atoms with Crippen LogP contribution in [0.5, 0.6) is 0 Å². The number of halogens is 1. The molecule has 0 atom stereocenters. The van der Waals surface area contributed by atoms with E-state index < -0.39 is 0 Å². The summed E-state index contributed by atoms with van der Waals surface area (Å²) < 4.78 is 3.85. The Kier molecular flexibility index (Phi) is 3.02. The van der Waals surface area contributed by atoms with Gasteiger partial charge in [0.25, 0.3) is 0 Å². The van der Waals surface area contributed by atoms with Gasteiger partial charge in [-0.15, -0.1) is 0 Å². The van der Waals surface area contributed by atoms with Crippen LogP contribution in [0.15, 0.2) is 25.3 Å². The smallest absolute Gasteiger partial charge is 0.248 e. The highest BCUT2D eigenvalue weighted by Crippen LogP contribution is 1.79. The lowest BCUT2D eigenvalue weighted by molar-refractivity contribution is -0.670. The molecule has 1 aromatic heterocycles. The predicted molar refractivity (Wildman–Crippen MR) is 32.0 cm³/mol. The van der Waals surface area contributed by atoms with Crippen molar-refractivity contribution in [1.29, 1.82) is 0 Å². The third-order valence-electron chi connectivity index (χ3n) is 1.00. The molecule has 1 aromatic rings. The van der Waals surface area contributed by atoms with E-state index in [4.69, 9.17) is 0 Å². The minimum atomic E-state index is 0. The average molecular weight is 145 g/mol. The quantitative estimate of drug-likeness (QED) is 0.383. The number of rotatable bonds is 1. The van der Waals surface area contributed by atoms with Crippen molar-refractivity contribution in [2.75, 3.05) is 0 Å². The molecular weight excluding hydrogens is 136 g/mol. The fourth-order valence-electron chi connectivity index (χ4n) is 0.577. The Hall–Kier alpha value is -0.760. The molecule has 1 rings (SSSR count). The van der Waals surface area contributed by atoms with Crippen LogP contribution in [-0.2, 0) is 7.05 Å². The van der Waals surface area contributed by atoms with E-state index in [9.17, 15) is 0 Å². The molecule has 0 aliphatic carbocycles. The Labute approximate surface area is 60.8 Å². The summed E-state index contributed by atoms with van der Waals surface area (Å²) in [6, 6.07) is 0. The van der Waals surface area contributed by atoms with Crippen LogP contribution >= 0.6 is 0 Å². The van der Waals surface area contributed by atoms with Crippen molar-refractivity contribution in [3.8, 4) is 0 Å². The van der Waals surface area contributed by atoms with Gasteiger partial charge in [-0.1, -0.05) is 6.58 Å². The van der Waals surface area contributed by atoms with Crippen LogP contribution in [0.3, 0.4) is 0 Å². The van der Waals surface area contributed by atoms with Gasteiger partial charge in [0.15, 0.2) is 0 Å². The van der Waals surface area contributed by atoms with Crippen LogP contribution < -0.4 is 17.0 Å². The summed E-state index contributed by atoms with van der Waals surface area (Å²) in [6.45, 7) is 3.59. The molecule has 0 saturated carbocycles. The SMILES string of the molecule is C=Cn1cc[n+](C)c1.[Cl-]. The summed E-state index contributed by atoms with van der Waals surface area (Å²) in [5.74, 6) is 0. The molecule has 0 spiro atoms. The van der Waals surface area contributed by atoms with Crippen molar-refractivity contribution in [3.63, 3.8) is 0 Å². The summed E-state index contributed by atoms with van der Waals surface area (Å²) in [4.78, 5) is 0. The minimum Gasteiger partial charge on any atom is -1.00 e. The average Bonchev–Trinajstić information content (AvgIpc) is 2.14. The van der Waals surface area contributed by atoms with E-state index in [1.807, 2.05) is 34.9 Å². The number of aryl methyl sites for hydroxylation is 1. The van der Waals surface area contributed by atoms with Crippen LogP contribution in [0.4, 0.5) is 0 Å². The highest BCUT2D eigenvalue weighted by molar-refractivity contribution is 5.12. The molecule has 2 nitrogen and oxygen atoms in total. The maximum absolute atomic E-state index is 3.59. The van der Waals surface area contributed by atoms with E-state index in [0.717, 1.165) is 0 Å². The monoisotopic (exact) mass is 144 g/mol. The van der Waals surface area contributed by atoms with E-state index in [0.29, 0.717) is 0 Å². The molecule has 50 valence electrons. The number of nitrogens with zero attached hydrogens (tertiary/aromatic N) is 2. The first-order valence-electron chi connectivity index (χ1n) is 2.48. The van der Waals surface area contributed by atoms with E-state index >= 15 is 0 Å². The molecule has 0 saturated heterocycles. The molecule has 0 aliphatic heterocycles. The zero-order valence-electron chi connectivity index (χ0n) is 5.29. The van der Waals surface area contributed by atoms with E-state index in [2.05, 4.69) is 6.58 Å². The first-order chi connectivity index (χ1) is 3.83. The Morgan fingerprint density at radius 1 is 1.67 bits per heavy atom. The predicted octanol–water partition coefficient (Wildman–Crippen LogP) is -2.58. The van der Waals surface area contributed by atoms with Crippen molar-refractivity contribution < 1.29 is 17.0 Å². The van der Waals surface area contributed by atoms with Gasteiger partial charge in [-0.25, -0.2) is 9.13 Å². The van der Waals surface area contributed by atoms with Crippen LogP contribution in [0.1, 0.15) is 0 Å². The Balaban J connectivity index is 0.000000640. The van der Waals surface area contributed by atoms with E-state index in [-0.39, 0.29) is 12.4 Å². The third-order valence-corrected chi connectivity index (χ3v) is 1.00. The van der Waals surface area contributed by atoms with Crippen molar-refractivity contribution in [1.82, 2.24) is 4.57 Å². The molecule has 0 radical (unpaired) electrons. The number of hydrogen-bond acceptors (Lipinski definition) is 0. The van der Waals surface area contributed by atoms with Crippen LogP contribution in [-0.4, -0.2) is 4.57 Å². The normalized spacial score (nSPS) is 8.11. The minimum absolute atomic E-state index is 0. The third kappa shape index (κ3) is 1.90. The lowest BCUT2D eigenvalue weighted by Crippen LogP contribution is -3.00. The van der Waals surface area contributed by atoms with Gasteiger partial charge in [0.2, 0.25) is 6.33 Å². The molecule has 0 amide bonds. The van der Waals surface area contributed by atoms with Gasteiger partial charge in [-0.2, -0.15) is 0 Å². The molecule has 0 fully saturated rings. The Morgan fingerprint density at radius 2 is 2.33 bits per heavy atom.